The van der Waals surface area contributed by atoms with Crippen LogP contribution in [0.15, 0.2) is 40.9 Å². The highest BCUT2D eigenvalue weighted by Gasteiger charge is 2.13. The molecule has 0 aromatic heterocycles. The number of carbonyl (C=O) groups excluding carboxylic acids is 1. The van der Waals surface area contributed by atoms with Crippen molar-refractivity contribution in [2.45, 2.75) is 0 Å². The van der Waals surface area contributed by atoms with Crippen molar-refractivity contribution in [1.82, 2.24) is 0 Å². The molecular weight excluding hydrogens is 349 g/mol. The Bertz CT molecular complexity index is 664. The predicted octanol–water partition coefficient (Wildman–Crippen LogP) is 4.50. The van der Waals surface area contributed by atoms with Crippen LogP contribution in [0.25, 0.3) is 0 Å². The number of hydrogen-bond donors (Lipinski definition) is 1. The molecule has 0 saturated heterocycles. The van der Waals surface area contributed by atoms with E-state index in [0.29, 0.717) is 16.5 Å². The Balaban J connectivity index is 2.25. The molecule has 0 atom stereocenters. The molecule has 2 rings (SSSR count). The Hall–Kier alpha value is -1.59. The van der Waals surface area contributed by atoms with Crippen LogP contribution in [0.5, 0.6) is 5.75 Å². The number of carbonyl (C=O) groups is 1. The molecule has 0 unspecified atom stereocenters. The van der Waals surface area contributed by atoms with Gasteiger partial charge in [0.2, 0.25) is 0 Å². The van der Waals surface area contributed by atoms with Crippen molar-refractivity contribution in [3.63, 3.8) is 0 Å². The van der Waals surface area contributed by atoms with E-state index in [1.54, 1.807) is 18.2 Å². The molecule has 0 fully saturated rings. The highest BCUT2D eigenvalue weighted by atomic mass is 79.9. The summed E-state index contributed by atoms with van der Waals surface area (Å²) in [4.78, 5) is 12.0. The SMILES string of the molecule is COc1cc(NC(=O)c2cc(Cl)ccc2F)ccc1Br. The maximum Gasteiger partial charge on any atom is 0.258 e. The first-order valence-corrected chi connectivity index (χ1v) is 6.78. The summed E-state index contributed by atoms with van der Waals surface area (Å²) in [6.07, 6.45) is 0. The second kappa shape index (κ2) is 6.24. The Kier molecular flexibility index (Phi) is 4.62. The zero-order valence-electron chi connectivity index (χ0n) is 10.4. The summed E-state index contributed by atoms with van der Waals surface area (Å²) < 4.78 is 19.5. The number of methoxy groups -OCH3 is 1. The van der Waals surface area contributed by atoms with Gasteiger partial charge in [0.1, 0.15) is 11.6 Å². The molecule has 2 aromatic rings. The van der Waals surface area contributed by atoms with Crippen LogP contribution in [-0.4, -0.2) is 13.0 Å². The average Bonchev–Trinajstić information content (AvgIpc) is 2.43. The molecule has 3 nitrogen and oxygen atoms in total. The molecule has 0 heterocycles. The molecule has 0 radical (unpaired) electrons. The minimum Gasteiger partial charge on any atom is -0.495 e. The van der Waals surface area contributed by atoms with Gasteiger partial charge in [0.15, 0.2) is 0 Å². The summed E-state index contributed by atoms with van der Waals surface area (Å²) in [6, 6.07) is 8.85. The van der Waals surface area contributed by atoms with Crippen molar-refractivity contribution in [2.75, 3.05) is 12.4 Å². The second-order valence-corrected chi connectivity index (χ2v) is 5.22. The lowest BCUT2D eigenvalue weighted by atomic mass is 10.2. The second-order valence-electron chi connectivity index (χ2n) is 3.93. The summed E-state index contributed by atoms with van der Waals surface area (Å²) in [5.41, 5.74) is 0.383. The molecule has 0 aliphatic heterocycles. The third-order valence-electron chi connectivity index (χ3n) is 2.58. The number of nitrogens with one attached hydrogen (secondary N) is 1. The van der Waals surface area contributed by atoms with Gasteiger partial charge in [-0.05, 0) is 46.3 Å². The minimum atomic E-state index is -0.629. The van der Waals surface area contributed by atoms with Crippen LogP contribution in [0.4, 0.5) is 10.1 Å². The van der Waals surface area contributed by atoms with Gasteiger partial charge in [-0.2, -0.15) is 0 Å². The summed E-state index contributed by atoms with van der Waals surface area (Å²) in [5.74, 6) is -0.639. The number of halogens is 3. The normalized spacial score (nSPS) is 10.2. The van der Waals surface area contributed by atoms with Crippen LogP contribution in [-0.2, 0) is 0 Å². The molecule has 1 amide bonds. The number of benzene rings is 2. The summed E-state index contributed by atoms with van der Waals surface area (Å²) in [5, 5.41) is 2.89. The van der Waals surface area contributed by atoms with Crippen LogP contribution in [0.3, 0.4) is 0 Å². The molecule has 0 aliphatic rings. The molecule has 0 bridgehead atoms. The van der Waals surface area contributed by atoms with Gasteiger partial charge in [0, 0.05) is 16.8 Å². The van der Waals surface area contributed by atoms with Gasteiger partial charge in [-0.3, -0.25) is 4.79 Å². The Morgan fingerprint density at radius 2 is 2.05 bits per heavy atom. The third kappa shape index (κ3) is 3.29. The van der Waals surface area contributed by atoms with E-state index in [1.165, 1.54) is 19.2 Å². The highest BCUT2D eigenvalue weighted by molar-refractivity contribution is 9.10. The molecule has 0 aliphatic carbocycles. The van der Waals surface area contributed by atoms with E-state index < -0.39 is 11.7 Å². The van der Waals surface area contributed by atoms with Crippen molar-refractivity contribution < 1.29 is 13.9 Å². The first kappa shape index (κ1) is 14.8. The lowest BCUT2D eigenvalue weighted by Gasteiger charge is -2.09. The molecular formula is C14H10BrClFNO2. The van der Waals surface area contributed by atoms with Crippen molar-refractivity contribution >= 4 is 39.1 Å². The average molecular weight is 359 g/mol. The third-order valence-corrected chi connectivity index (χ3v) is 3.47. The van der Waals surface area contributed by atoms with Gasteiger partial charge in [0.05, 0.1) is 17.1 Å². The standard InChI is InChI=1S/C14H10BrClFNO2/c1-20-13-7-9(3-4-11(13)15)18-14(19)10-6-8(16)2-5-12(10)17/h2-7H,1H3,(H,18,19). The lowest BCUT2D eigenvalue weighted by molar-refractivity contribution is 0.102. The van der Waals surface area contributed by atoms with E-state index in [-0.39, 0.29) is 5.56 Å². The van der Waals surface area contributed by atoms with E-state index in [0.717, 1.165) is 10.5 Å². The van der Waals surface area contributed by atoms with Gasteiger partial charge in [0.25, 0.3) is 5.91 Å². The predicted molar refractivity (Wildman–Crippen MR) is 80.1 cm³/mol. The molecule has 104 valence electrons. The maximum absolute atomic E-state index is 13.6. The Morgan fingerprint density at radius 1 is 1.30 bits per heavy atom. The van der Waals surface area contributed by atoms with E-state index in [1.807, 2.05) is 0 Å². The number of amides is 1. The van der Waals surface area contributed by atoms with Crippen molar-refractivity contribution in [2.24, 2.45) is 0 Å². The number of anilines is 1. The number of rotatable bonds is 3. The van der Waals surface area contributed by atoms with E-state index >= 15 is 0 Å². The van der Waals surface area contributed by atoms with Crippen molar-refractivity contribution in [3.05, 3.63) is 57.3 Å². The van der Waals surface area contributed by atoms with Gasteiger partial charge in [-0.15, -0.1) is 0 Å². The zero-order valence-corrected chi connectivity index (χ0v) is 12.8. The van der Waals surface area contributed by atoms with E-state index in [9.17, 15) is 9.18 Å². The summed E-state index contributed by atoms with van der Waals surface area (Å²) in [7, 11) is 1.52. The fraction of sp³-hybridized carbons (Fsp3) is 0.0714. The molecule has 1 N–H and O–H groups in total. The smallest absolute Gasteiger partial charge is 0.258 e. The number of hydrogen-bond acceptors (Lipinski definition) is 2. The Morgan fingerprint density at radius 3 is 2.75 bits per heavy atom. The van der Waals surface area contributed by atoms with E-state index in [4.69, 9.17) is 16.3 Å². The molecule has 6 heteroatoms. The van der Waals surface area contributed by atoms with Crippen LogP contribution in [0, 0.1) is 5.82 Å². The molecule has 2 aromatic carbocycles. The zero-order chi connectivity index (χ0) is 14.7. The first-order chi connectivity index (χ1) is 9.51. The van der Waals surface area contributed by atoms with E-state index in [2.05, 4.69) is 21.2 Å². The van der Waals surface area contributed by atoms with Crippen LogP contribution in [0.2, 0.25) is 5.02 Å². The van der Waals surface area contributed by atoms with Gasteiger partial charge in [-0.25, -0.2) is 4.39 Å². The number of ether oxygens (including phenoxy) is 1. The quantitative estimate of drug-likeness (QED) is 0.877. The summed E-state index contributed by atoms with van der Waals surface area (Å²) >= 11 is 9.07. The van der Waals surface area contributed by atoms with Gasteiger partial charge >= 0.3 is 0 Å². The van der Waals surface area contributed by atoms with Crippen LogP contribution < -0.4 is 10.1 Å². The Labute approximate surface area is 128 Å². The fourth-order valence-corrected chi connectivity index (χ4v) is 2.19. The molecule has 20 heavy (non-hydrogen) atoms. The van der Waals surface area contributed by atoms with Crippen molar-refractivity contribution in [3.8, 4) is 5.75 Å². The van der Waals surface area contributed by atoms with Crippen LogP contribution >= 0.6 is 27.5 Å². The summed E-state index contributed by atoms with van der Waals surface area (Å²) in [6.45, 7) is 0. The maximum atomic E-state index is 13.6. The molecule has 0 spiro atoms. The van der Waals surface area contributed by atoms with Gasteiger partial charge < -0.3 is 10.1 Å². The van der Waals surface area contributed by atoms with Crippen LogP contribution in [0.1, 0.15) is 10.4 Å². The van der Waals surface area contributed by atoms with Gasteiger partial charge in [-0.1, -0.05) is 11.6 Å². The van der Waals surface area contributed by atoms with Crippen molar-refractivity contribution in [1.29, 1.82) is 0 Å². The molecule has 0 saturated carbocycles. The minimum absolute atomic E-state index is 0.112. The first-order valence-electron chi connectivity index (χ1n) is 5.61. The highest BCUT2D eigenvalue weighted by Crippen LogP contribution is 2.28. The topological polar surface area (TPSA) is 38.3 Å². The lowest BCUT2D eigenvalue weighted by Crippen LogP contribution is -2.13. The fourth-order valence-electron chi connectivity index (χ4n) is 1.61. The monoisotopic (exact) mass is 357 g/mol. The largest absolute Gasteiger partial charge is 0.495 e.